The molecule has 1 saturated heterocycles. The highest BCUT2D eigenvalue weighted by Gasteiger charge is 2.16. The van der Waals surface area contributed by atoms with Crippen molar-refractivity contribution in [1.82, 2.24) is 10.3 Å². The molecule has 3 amide bonds. The minimum Gasteiger partial charge on any atom is -0.484 e. The van der Waals surface area contributed by atoms with Gasteiger partial charge in [-0.05, 0) is 49.1 Å². The molecule has 2 rings (SSSR count). The zero-order valence-electron chi connectivity index (χ0n) is 12.3. The van der Waals surface area contributed by atoms with E-state index in [9.17, 15) is 9.59 Å². The Balaban J connectivity index is 1.79. The summed E-state index contributed by atoms with van der Waals surface area (Å²) in [7, 11) is 0. The third-order valence-electron chi connectivity index (χ3n) is 3.34. The number of hydrogen-bond acceptors (Lipinski definition) is 4. The Kier molecular flexibility index (Phi) is 5.76. The number of piperidine rings is 1. The molecule has 0 saturated carbocycles. The maximum Gasteiger partial charge on any atom is 0.332 e. The molecule has 0 spiro atoms. The highest BCUT2D eigenvalue weighted by atomic mass is 16.5. The molecule has 1 aromatic rings. The number of primary amides is 1. The van der Waals surface area contributed by atoms with Crippen LogP contribution in [0.5, 0.6) is 5.75 Å². The Hall–Kier alpha value is -2.57. The Morgan fingerprint density at radius 3 is 2.55 bits per heavy atom. The molecule has 0 unspecified atom stereocenters. The number of carbonyl (C=O) groups excluding carboxylic acids is 2. The van der Waals surface area contributed by atoms with Crippen LogP contribution < -0.4 is 15.9 Å². The van der Waals surface area contributed by atoms with Crippen molar-refractivity contribution >= 4 is 18.2 Å². The van der Waals surface area contributed by atoms with E-state index in [0.29, 0.717) is 5.75 Å². The molecule has 0 atom stereocenters. The van der Waals surface area contributed by atoms with Crippen molar-refractivity contribution in [2.45, 2.75) is 19.3 Å². The lowest BCUT2D eigenvalue weighted by atomic mass is 10.1. The van der Waals surface area contributed by atoms with Gasteiger partial charge in [-0.25, -0.2) is 10.2 Å². The van der Waals surface area contributed by atoms with E-state index in [4.69, 9.17) is 10.5 Å². The fraction of sp³-hybridized carbons (Fsp3) is 0.400. The highest BCUT2D eigenvalue weighted by molar-refractivity contribution is 5.81. The first kappa shape index (κ1) is 15.8. The smallest absolute Gasteiger partial charge is 0.332 e. The van der Waals surface area contributed by atoms with Crippen LogP contribution in [0.25, 0.3) is 0 Å². The zero-order chi connectivity index (χ0) is 15.8. The minimum atomic E-state index is -0.715. The topological polar surface area (TPSA) is 97.0 Å². The summed E-state index contributed by atoms with van der Waals surface area (Å²) in [6.45, 7) is 1.70. The molecule has 1 aliphatic rings. The first-order valence-electron chi connectivity index (χ1n) is 7.24. The van der Waals surface area contributed by atoms with E-state index in [2.05, 4.69) is 10.5 Å². The Bertz CT molecular complexity index is 536. The van der Waals surface area contributed by atoms with Crippen LogP contribution in [0.1, 0.15) is 24.8 Å². The molecule has 1 heterocycles. The number of benzene rings is 1. The first-order chi connectivity index (χ1) is 10.6. The average molecular weight is 304 g/mol. The molecule has 1 aromatic carbocycles. The van der Waals surface area contributed by atoms with Crippen molar-refractivity contribution in [1.29, 1.82) is 0 Å². The second-order valence-corrected chi connectivity index (χ2v) is 5.03. The molecule has 0 bridgehead atoms. The summed E-state index contributed by atoms with van der Waals surface area (Å²) >= 11 is 0. The van der Waals surface area contributed by atoms with Gasteiger partial charge >= 0.3 is 6.03 Å². The predicted octanol–water partition coefficient (Wildman–Crippen LogP) is 1.08. The van der Waals surface area contributed by atoms with Crippen LogP contribution in [0.2, 0.25) is 0 Å². The van der Waals surface area contributed by atoms with Crippen molar-refractivity contribution in [3.8, 4) is 5.75 Å². The summed E-state index contributed by atoms with van der Waals surface area (Å²) < 4.78 is 5.49. The quantitative estimate of drug-likeness (QED) is 0.629. The van der Waals surface area contributed by atoms with Gasteiger partial charge in [0.25, 0.3) is 5.91 Å². The van der Waals surface area contributed by atoms with E-state index in [1.807, 2.05) is 4.90 Å². The predicted molar refractivity (Wildman–Crippen MR) is 82.7 cm³/mol. The van der Waals surface area contributed by atoms with E-state index in [-0.39, 0.29) is 12.5 Å². The van der Waals surface area contributed by atoms with Gasteiger partial charge in [0.05, 0.1) is 6.21 Å². The lowest BCUT2D eigenvalue weighted by Gasteiger charge is -2.26. The van der Waals surface area contributed by atoms with Crippen LogP contribution >= 0.6 is 0 Å². The van der Waals surface area contributed by atoms with Gasteiger partial charge < -0.3 is 15.4 Å². The van der Waals surface area contributed by atoms with Crippen LogP contribution in [0.4, 0.5) is 4.79 Å². The number of hydrazone groups is 1. The second-order valence-electron chi connectivity index (χ2n) is 5.03. The van der Waals surface area contributed by atoms with E-state index in [1.54, 1.807) is 24.3 Å². The van der Waals surface area contributed by atoms with Crippen LogP contribution in [-0.4, -0.2) is 42.7 Å². The monoisotopic (exact) mass is 304 g/mol. The number of ether oxygens (including phenoxy) is 1. The fourth-order valence-electron chi connectivity index (χ4n) is 2.20. The van der Waals surface area contributed by atoms with Gasteiger partial charge in [-0.2, -0.15) is 5.10 Å². The van der Waals surface area contributed by atoms with Gasteiger partial charge in [0.15, 0.2) is 6.61 Å². The van der Waals surface area contributed by atoms with Gasteiger partial charge in [-0.3, -0.25) is 4.79 Å². The molecule has 0 radical (unpaired) electrons. The fourth-order valence-corrected chi connectivity index (χ4v) is 2.20. The van der Waals surface area contributed by atoms with Crippen LogP contribution in [-0.2, 0) is 4.79 Å². The SMILES string of the molecule is NC(=O)N/N=C\c1ccc(OCC(=O)N2CCCCC2)cc1. The third-order valence-corrected chi connectivity index (χ3v) is 3.34. The Morgan fingerprint density at radius 1 is 1.23 bits per heavy atom. The summed E-state index contributed by atoms with van der Waals surface area (Å²) in [6.07, 6.45) is 4.80. The molecule has 7 heteroatoms. The van der Waals surface area contributed by atoms with Gasteiger partial charge in [-0.15, -0.1) is 0 Å². The van der Waals surface area contributed by atoms with E-state index < -0.39 is 6.03 Å². The van der Waals surface area contributed by atoms with Crippen molar-refractivity contribution < 1.29 is 14.3 Å². The van der Waals surface area contributed by atoms with Gasteiger partial charge in [0.1, 0.15) is 5.75 Å². The Labute approximate surface area is 129 Å². The average Bonchev–Trinajstić information content (AvgIpc) is 2.54. The van der Waals surface area contributed by atoms with Gasteiger partial charge in [-0.1, -0.05) is 0 Å². The summed E-state index contributed by atoms with van der Waals surface area (Å²) in [5, 5.41) is 3.66. The summed E-state index contributed by atoms with van der Waals surface area (Å²) in [5.74, 6) is 0.640. The van der Waals surface area contributed by atoms with Crippen molar-refractivity contribution in [3.05, 3.63) is 29.8 Å². The first-order valence-corrected chi connectivity index (χ1v) is 7.24. The van der Waals surface area contributed by atoms with E-state index >= 15 is 0 Å². The number of amides is 3. The molecular formula is C15H20N4O3. The number of carbonyl (C=O) groups is 2. The molecule has 1 fully saturated rings. The largest absolute Gasteiger partial charge is 0.484 e. The molecule has 22 heavy (non-hydrogen) atoms. The molecule has 3 N–H and O–H groups in total. The lowest BCUT2D eigenvalue weighted by molar-refractivity contribution is -0.134. The van der Waals surface area contributed by atoms with Crippen LogP contribution in [0, 0.1) is 0 Å². The lowest BCUT2D eigenvalue weighted by Crippen LogP contribution is -2.38. The van der Waals surface area contributed by atoms with Crippen molar-refractivity contribution in [3.63, 3.8) is 0 Å². The number of urea groups is 1. The Morgan fingerprint density at radius 2 is 1.91 bits per heavy atom. The number of likely N-dealkylation sites (tertiary alicyclic amines) is 1. The molecule has 1 aliphatic heterocycles. The van der Waals surface area contributed by atoms with Crippen molar-refractivity contribution in [2.24, 2.45) is 10.8 Å². The maximum absolute atomic E-state index is 12.0. The maximum atomic E-state index is 12.0. The summed E-state index contributed by atoms with van der Waals surface area (Å²) in [4.78, 5) is 24.3. The second kappa shape index (κ2) is 8.02. The van der Waals surface area contributed by atoms with Crippen LogP contribution in [0.3, 0.4) is 0 Å². The number of rotatable bonds is 5. The van der Waals surface area contributed by atoms with E-state index in [0.717, 1.165) is 31.5 Å². The molecule has 0 aliphatic carbocycles. The van der Waals surface area contributed by atoms with Gasteiger partial charge in [0, 0.05) is 13.1 Å². The van der Waals surface area contributed by atoms with Crippen molar-refractivity contribution in [2.75, 3.05) is 19.7 Å². The number of nitrogens with two attached hydrogens (primary N) is 1. The molecule has 7 nitrogen and oxygen atoms in total. The summed E-state index contributed by atoms with van der Waals surface area (Å²) in [5.41, 5.74) is 7.78. The normalized spacial score (nSPS) is 14.8. The molecular weight excluding hydrogens is 284 g/mol. The number of nitrogens with one attached hydrogen (secondary N) is 1. The number of hydrogen-bond donors (Lipinski definition) is 2. The van der Waals surface area contributed by atoms with Gasteiger partial charge in [0.2, 0.25) is 0 Å². The highest BCUT2D eigenvalue weighted by Crippen LogP contribution is 2.13. The molecule has 118 valence electrons. The third kappa shape index (κ3) is 5.08. The minimum absolute atomic E-state index is 0.0241. The number of nitrogens with zero attached hydrogens (tertiary/aromatic N) is 2. The standard InChI is InChI=1S/C15H20N4O3/c16-15(21)18-17-10-12-4-6-13(7-5-12)22-11-14(20)19-8-2-1-3-9-19/h4-7,10H,1-3,8-9,11H2,(H3,16,18,21)/b17-10-. The summed E-state index contributed by atoms with van der Waals surface area (Å²) in [6, 6.07) is 6.32. The van der Waals surface area contributed by atoms with Crippen LogP contribution in [0.15, 0.2) is 29.4 Å². The van der Waals surface area contributed by atoms with E-state index in [1.165, 1.54) is 12.6 Å². The molecule has 0 aromatic heterocycles. The zero-order valence-corrected chi connectivity index (χ0v) is 12.3.